The minimum Gasteiger partial charge on any atom is -0.355 e. The zero-order valence-electron chi connectivity index (χ0n) is 15.5. The summed E-state index contributed by atoms with van der Waals surface area (Å²) < 4.78 is 1.18. The van der Waals surface area contributed by atoms with Gasteiger partial charge in [-0.1, -0.05) is 18.2 Å². The van der Waals surface area contributed by atoms with Gasteiger partial charge < -0.3 is 10.6 Å². The lowest BCUT2D eigenvalue weighted by molar-refractivity contribution is 0.0963. The van der Waals surface area contributed by atoms with Gasteiger partial charge in [0.1, 0.15) is 12.0 Å². The van der Waals surface area contributed by atoms with Crippen LogP contribution in [0, 0.1) is 0 Å². The number of pyridine rings is 1. The number of anilines is 2. The van der Waals surface area contributed by atoms with Crippen molar-refractivity contribution >= 4 is 49.7 Å². The fourth-order valence-electron chi connectivity index (χ4n) is 3.43. The minimum atomic E-state index is -0.121. The summed E-state index contributed by atoms with van der Waals surface area (Å²) in [6, 6.07) is 15.7. The van der Waals surface area contributed by atoms with Crippen LogP contribution >= 0.6 is 11.3 Å². The van der Waals surface area contributed by atoms with Gasteiger partial charge in [-0.3, -0.25) is 4.79 Å². The monoisotopic (exact) mass is 405 g/mol. The van der Waals surface area contributed by atoms with E-state index in [4.69, 9.17) is 4.98 Å². The third kappa shape index (κ3) is 3.31. The molecular weight excluding hydrogens is 386 g/mol. The molecule has 4 aromatic rings. The summed E-state index contributed by atoms with van der Waals surface area (Å²) in [7, 11) is 1.62. The Kier molecular flexibility index (Phi) is 4.58. The Morgan fingerprint density at radius 1 is 1.07 bits per heavy atom. The number of thiophene rings is 1. The third-order valence-electron chi connectivity index (χ3n) is 4.86. The predicted octanol–water partition coefficient (Wildman–Crippen LogP) is 2.67. The minimum absolute atomic E-state index is 0.0547. The molecule has 1 aliphatic heterocycles. The van der Waals surface area contributed by atoms with Crippen LogP contribution < -0.4 is 32.6 Å². The second kappa shape index (κ2) is 7.39. The van der Waals surface area contributed by atoms with E-state index < -0.39 is 0 Å². The molecule has 29 heavy (non-hydrogen) atoms. The molecule has 0 radical (unpaired) electrons. The van der Waals surface area contributed by atoms with Crippen molar-refractivity contribution in [3.05, 3.63) is 65.0 Å². The van der Waals surface area contributed by atoms with E-state index in [0.717, 1.165) is 33.4 Å². The van der Waals surface area contributed by atoms with Crippen molar-refractivity contribution in [1.82, 2.24) is 32.2 Å². The van der Waals surface area contributed by atoms with Crippen molar-refractivity contribution < 1.29 is 4.79 Å². The highest BCUT2D eigenvalue weighted by atomic mass is 32.1. The number of nitrogens with zero attached hydrogens (tertiary/aromatic N) is 1. The predicted molar refractivity (Wildman–Crippen MR) is 116 cm³/mol. The number of hydrogen-bond acceptors (Lipinski definition) is 8. The maximum Gasteiger partial charge on any atom is 0.251 e. The molecule has 2 aromatic heterocycles. The number of benzene rings is 2. The van der Waals surface area contributed by atoms with Gasteiger partial charge in [0.2, 0.25) is 0 Å². The van der Waals surface area contributed by atoms with Crippen LogP contribution in [0.25, 0.3) is 21.0 Å². The van der Waals surface area contributed by atoms with Gasteiger partial charge in [0.05, 0.1) is 5.52 Å². The first-order chi connectivity index (χ1) is 14.2. The molecule has 146 valence electrons. The zero-order valence-corrected chi connectivity index (χ0v) is 16.4. The Morgan fingerprint density at radius 2 is 1.93 bits per heavy atom. The quantitative estimate of drug-likeness (QED) is 0.310. The van der Waals surface area contributed by atoms with Gasteiger partial charge in [0.25, 0.3) is 5.91 Å². The van der Waals surface area contributed by atoms with E-state index in [-0.39, 0.29) is 12.1 Å². The summed E-state index contributed by atoms with van der Waals surface area (Å²) in [6.07, 6.45) is -0.0547. The number of aromatic nitrogens is 1. The van der Waals surface area contributed by atoms with E-state index in [9.17, 15) is 4.79 Å². The van der Waals surface area contributed by atoms with Crippen LogP contribution in [0.4, 0.5) is 11.5 Å². The summed E-state index contributed by atoms with van der Waals surface area (Å²) in [6.45, 7) is 0. The van der Waals surface area contributed by atoms with E-state index in [2.05, 4.69) is 62.2 Å². The molecule has 2 aromatic carbocycles. The molecule has 0 aliphatic carbocycles. The molecule has 1 fully saturated rings. The van der Waals surface area contributed by atoms with Crippen molar-refractivity contribution in [2.45, 2.75) is 6.17 Å². The Balaban J connectivity index is 1.58. The molecule has 8 nitrogen and oxygen atoms in total. The molecule has 5 rings (SSSR count). The third-order valence-corrected chi connectivity index (χ3v) is 5.81. The van der Waals surface area contributed by atoms with Gasteiger partial charge in [-0.05, 0) is 41.3 Å². The summed E-state index contributed by atoms with van der Waals surface area (Å²) in [5.74, 6) is 0.646. The highest BCUT2D eigenvalue weighted by Crippen LogP contribution is 2.35. The Morgan fingerprint density at radius 3 is 2.76 bits per heavy atom. The van der Waals surface area contributed by atoms with E-state index in [1.54, 1.807) is 24.5 Å². The molecular formula is C20H19N7OS. The van der Waals surface area contributed by atoms with Gasteiger partial charge in [0.15, 0.2) is 0 Å². The van der Waals surface area contributed by atoms with Crippen LogP contribution in [-0.4, -0.2) is 17.9 Å². The van der Waals surface area contributed by atoms with Crippen molar-refractivity contribution in [2.24, 2.45) is 0 Å². The Hall–Kier alpha value is -3.08. The first-order valence-electron chi connectivity index (χ1n) is 9.14. The number of amides is 1. The largest absolute Gasteiger partial charge is 0.355 e. The second-order valence-corrected chi connectivity index (χ2v) is 7.57. The number of rotatable bonds is 4. The smallest absolute Gasteiger partial charge is 0.251 e. The van der Waals surface area contributed by atoms with Crippen LogP contribution in [0.1, 0.15) is 22.1 Å². The summed E-state index contributed by atoms with van der Waals surface area (Å²) >= 11 is 1.69. The van der Waals surface area contributed by atoms with E-state index >= 15 is 0 Å². The standard InChI is InChI=1S/C20H19N7OS/c1-21-20(28)12-3-2-4-13(9-12)22-19-15-7-8-29-17(15)14-6-5-11(10-16(14)23-19)18-24-26-27-25-18/h2-10,18,24-27H,1H3,(H,21,28)(H,22,23). The summed E-state index contributed by atoms with van der Waals surface area (Å²) in [5.41, 5.74) is 15.2. The lowest BCUT2D eigenvalue weighted by Gasteiger charge is -2.13. The van der Waals surface area contributed by atoms with Gasteiger partial charge >= 0.3 is 0 Å². The highest BCUT2D eigenvalue weighted by Gasteiger charge is 2.17. The van der Waals surface area contributed by atoms with Crippen LogP contribution in [0.15, 0.2) is 53.9 Å². The lowest BCUT2D eigenvalue weighted by atomic mass is 10.1. The number of nitrogens with one attached hydrogen (secondary N) is 6. The highest BCUT2D eigenvalue weighted by molar-refractivity contribution is 7.18. The normalized spacial score (nSPS) is 14.5. The molecule has 1 amide bonds. The number of hydrogen-bond donors (Lipinski definition) is 6. The zero-order chi connectivity index (χ0) is 19.8. The van der Waals surface area contributed by atoms with Crippen LogP contribution in [0.3, 0.4) is 0 Å². The average molecular weight is 405 g/mol. The maximum absolute atomic E-state index is 12.0. The van der Waals surface area contributed by atoms with Crippen molar-refractivity contribution in [3.8, 4) is 0 Å². The molecule has 9 heteroatoms. The molecule has 0 unspecified atom stereocenters. The molecule has 1 aliphatic rings. The first kappa shape index (κ1) is 18.0. The van der Waals surface area contributed by atoms with Gasteiger partial charge in [-0.2, -0.15) is 11.1 Å². The molecule has 6 N–H and O–H groups in total. The lowest BCUT2D eigenvalue weighted by Crippen LogP contribution is -2.33. The van der Waals surface area contributed by atoms with Crippen molar-refractivity contribution in [3.63, 3.8) is 0 Å². The van der Waals surface area contributed by atoms with Crippen LogP contribution in [-0.2, 0) is 0 Å². The number of carbonyl (C=O) groups excluding carboxylic acids is 1. The molecule has 0 saturated carbocycles. The van der Waals surface area contributed by atoms with E-state index in [1.807, 2.05) is 18.2 Å². The fraction of sp³-hybridized carbons (Fsp3) is 0.100. The van der Waals surface area contributed by atoms with Crippen molar-refractivity contribution in [1.29, 1.82) is 0 Å². The average Bonchev–Trinajstić information content (AvgIpc) is 3.45. The fourth-order valence-corrected chi connectivity index (χ4v) is 4.36. The summed E-state index contributed by atoms with van der Waals surface area (Å²) in [4.78, 5) is 16.8. The molecule has 0 bridgehead atoms. The molecule has 3 heterocycles. The summed E-state index contributed by atoms with van der Waals surface area (Å²) in [5, 5.41) is 10.3. The van der Waals surface area contributed by atoms with Gasteiger partial charge in [-0.25, -0.2) is 15.8 Å². The van der Waals surface area contributed by atoms with Crippen LogP contribution in [0.5, 0.6) is 0 Å². The van der Waals surface area contributed by atoms with Crippen LogP contribution in [0.2, 0.25) is 0 Å². The van der Waals surface area contributed by atoms with Gasteiger partial charge in [0, 0.05) is 33.8 Å². The number of carbonyl (C=O) groups is 1. The number of hydrazine groups is 3. The van der Waals surface area contributed by atoms with E-state index in [0.29, 0.717) is 5.56 Å². The Labute approximate surface area is 170 Å². The topological polar surface area (TPSA) is 102 Å². The van der Waals surface area contributed by atoms with Gasteiger partial charge in [-0.15, -0.1) is 11.3 Å². The van der Waals surface area contributed by atoms with Crippen molar-refractivity contribution in [2.75, 3.05) is 12.4 Å². The Bertz CT molecular complexity index is 1220. The second-order valence-electron chi connectivity index (χ2n) is 6.66. The number of fused-ring (bicyclic) bond motifs is 3. The first-order valence-corrected chi connectivity index (χ1v) is 10.0. The van der Waals surface area contributed by atoms with E-state index in [1.165, 1.54) is 4.70 Å². The molecule has 0 atom stereocenters. The maximum atomic E-state index is 12.0. The molecule has 1 saturated heterocycles. The molecule has 0 spiro atoms. The SMILES string of the molecule is CNC(=O)c1cccc(Nc2nc3cc(C4NNNN4)ccc3c3sccc23)c1.